The minimum atomic E-state index is -3.27. The van der Waals surface area contributed by atoms with Crippen LogP contribution in [-0.4, -0.2) is 26.4 Å². The van der Waals surface area contributed by atoms with E-state index in [1.165, 1.54) is 0 Å². The summed E-state index contributed by atoms with van der Waals surface area (Å²) in [5, 5.41) is 13.2. The maximum atomic E-state index is 13.0. The van der Waals surface area contributed by atoms with Crippen molar-refractivity contribution in [1.82, 2.24) is 0 Å². The minimum Gasteiger partial charge on any atom is -0.337 e. The SMILES string of the molecule is CCOC(OCC)(P=O)c1ccc2c(C#N)c3cc(CP(=O)(OCC)OCC)ccc3cc2c1. The van der Waals surface area contributed by atoms with Gasteiger partial charge in [-0.3, -0.25) is 9.13 Å². The van der Waals surface area contributed by atoms with Crippen molar-refractivity contribution in [2.75, 3.05) is 26.4 Å². The highest BCUT2D eigenvalue weighted by Crippen LogP contribution is 2.51. The molecule has 0 bridgehead atoms. The third-order valence-corrected chi connectivity index (χ3v) is 8.14. The van der Waals surface area contributed by atoms with Crippen LogP contribution in [0.1, 0.15) is 44.4 Å². The number of fused-ring (bicyclic) bond motifs is 2. The first-order valence-corrected chi connectivity index (χ1v) is 13.8. The molecule has 0 amide bonds. The molecule has 0 aromatic heterocycles. The summed E-state index contributed by atoms with van der Waals surface area (Å²) < 4.78 is 47.4. The van der Waals surface area contributed by atoms with E-state index >= 15 is 0 Å². The van der Waals surface area contributed by atoms with E-state index in [0.29, 0.717) is 24.3 Å². The molecule has 0 radical (unpaired) electrons. The van der Waals surface area contributed by atoms with Crippen LogP contribution >= 0.6 is 16.1 Å². The zero-order valence-corrected chi connectivity index (χ0v) is 21.7. The van der Waals surface area contributed by atoms with Crippen LogP contribution in [0, 0.1) is 11.3 Å². The van der Waals surface area contributed by atoms with Gasteiger partial charge >= 0.3 is 7.60 Å². The van der Waals surface area contributed by atoms with Gasteiger partial charge in [-0.05, 0) is 62.2 Å². The van der Waals surface area contributed by atoms with Gasteiger partial charge in [-0.15, -0.1) is 0 Å². The van der Waals surface area contributed by atoms with Crippen molar-refractivity contribution >= 4 is 37.6 Å². The maximum absolute atomic E-state index is 13.0. The molecule has 3 aromatic rings. The number of nitriles is 1. The third kappa shape index (κ3) is 5.39. The van der Waals surface area contributed by atoms with Crippen LogP contribution in [0.4, 0.5) is 0 Å². The van der Waals surface area contributed by atoms with Crippen LogP contribution in [0.2, 0.25) is 0 Å². The zero-order chi connectivity index (χ0) is 24.8. The lowest BCUT2D eigenvalue weighted by Gasteiger charge is -2.27. The Hall–Kier alpha value is -2.16. The molecule has 0 heterocycles. The molecule has 0 N–H and O–H groups in total. The summed E-state index contributed by atoms with van der Waals surface area (Å²) in [6, 6.07) is 15.3. The van der Waals surface area contributed by atoms with E-state index < -0.39 is 13.1 Å². The first-order valence-electron chi connectivity index (χ1n) is 11.3. The lowest BCUT2D eigenvalue weighted by molar-refractivity contribution is -0.176. The van der Waals surface area contributed by atoms with Gasteiger partial charge < -0.3 is 18.5 Å². The molecule has 0 saturated heterocycles. The summed E-state index contributed by atoms with van der Waals surface area (Å²) in [5.74, 6) is 0. The molecule has 180 valence electrons. The molecule has 3 rings (SSSR count). The molecule has 0 aliphatic heterocycles. The molecule has 0 atom stereocenters. The van der Waals surface area contributed by atoms with Crippen LogP contribution in [0.5, 0.6) is 0 Å². The molecule has 9 heteroatoms. The van der Waals surface area contributed by atoms with Crippen molar-refractivity contribution < 1.29 is 27.7 Å². The predicted octanol–water partition coefficient (Wildman–Crippen LogP) is 7.11. The monoisotopic (exact) mass is 501 g/mol. The maximum Gasteiger partial charge on any atom is 0.335 e. The largest absolute Gasteiger partial charge is 0.337 e. The Balaban J connectivity index is 2.15. The van der Waals surface area contributed by atoms with Crippen molar-refractivity contribution in [1.29, 1.82) is 5.26 Å². The summed E-state index contributed by atoms with van der Waals surface area (Å²) in [7, 11) is -3.58. The van der Waals surface area contributed by atoms with E-state index in [1.807, 2.05) is 50.2 Å². The highest BCUT2D eigenvalue weighted by Gasteiger charge is 2.35. The number of ether oxygens (including phenoxy) is 2. The standard InChI is InChI=1S/C25H29NO6P2/c1-5-29-25(33-27,30-6-2)21-11-12-22-20(15-21)14-19-10-9-18(13-23(19)24(22)16-26)17-34(28,31-7-3)32-8-4/h9-15H,5-8,17H2,1-4H3. The van der Waals surface area contributed by atoms with Crippen LogP contribution < -0.4 is 0 Å². The fourth-order valence-electron chi connectivity index (χ4n) is 4.03. The topological polar surface area (TPSA) is 94.9 Å². The van der Waals surface area contributed by atoms with E-state index in [2.05, 4.69) is 6.07 Å². The summed E-state index contributed by atoms with van der Waals surface area (Å²) in [6.45, 7) is 8.40. The summed E-state index contributed by atoms with van der Waals surface area (Å²) in [6.07, 6.45) is 0.125. The predicted molar refractivity (Wildman–Crippen MR) is 133 cm³/mol. The Morgan fingerprint density at radius 3 is 2.12 bits per heavy atom. The fourth-order valence-corrected chi connectivity index (χ4v) is 6.33. The van der Waals surface area contributed by atoms with Gasteiger partial charge in [0.2, 0.25) is 8.46 Å². The lowest BCUT2D eigenvalue weighted by atomic mass is 9.95. The van der Waals surface area contributed by atoms with Gasteiger partial charge in [0.25, 0.3) is 5.53 Å². The molecular weight excluding hydrogens is 472 g/mol. The molecule has 0 unspecified atom stereocenters. The molecule has 0 fully saturated rings. The number of rotatable bonds is 12. The molecule has 34 heavy (non-hydrogen) atoms. The van der Waals surface area contributed by atoms with Crippen LogP contribution in [0.15, 0.2) is 42.5 Å². The highest BCUT2D eigenvalue weighted by molar-refractivity contribution is 7.53. The molecule has 0 aliphatic carbocycles. The van der Waals surface area contributed by atoms with E-state index in [9.17, 15) is 14.4 Å². The smallest absolute Gasteiger partial charge is 0.335 e. The summed E-state index contributed by atoms with van der Waals surface area (Å²) in [5.41, 5.74) is 0.474. The second kappa shape index (κ2) is 11.5. The summed E-state index contributed by atoms with van der Waals surface area (Å²) >= 11 is 0. The lowest BCUT2D eigenvalue weighted by Crippen LogP contribution is -2.27. The Labute approximate surface area is 201 Å². The number of nitrogens with zero attached hydrogens (tertiary/aromatic N) is 1. The molecule has 0 aliphatic rings. The quantitative estimate of drug-likeness (QED) is 0.148. The number of hydrogen-bond acceptors (Lipinski definition) is 7. The van der Waals surface area contributed by atoms with E-state index in [1.54, 1.807) is 19.9 Å². The third-order valence-electron chi connectivity index (χ3n) is 5.32. The van der Waals surface area contributed by atoms with Crippen molar-refractivity contribution in [3.63, 3.8) is 0 Å². The molecule has 7 nitrogen and oxygen atoms in total. The second-order valence-corrected chi connectivity index (χ2v) is 10.3. The minimum absolute atomic E-state index is 0.125. The Kier molecular flexibility index (Phi) is 8.95. The number of hydrogen-bond donors (Lipinski definition) is 0. The fraction of sp³-hybridized carbons (Fsp3) is 0.400. The van der Waals surface area contributed by atoms with Gasteiger partial charge in [0.1, 0.15) is 6.07 Å². The number of benzene rings is 3. The van der Waals surface area contributed by atoms with Gasteiger partial charge in [-0.2, -0.15) is 5.26 Å². The Morgan fingerprint density at radius 2 is 1.56 bits per heavy atom. The van der Waals surface area contributed by atoms with Gasteiger partial charge in [-0.1, -0.05) is 24.3 Å². The van der Waals surface area contributed by atoms with Crippen molar-refractivity contribution in [2.45, 2.75) is 39.4 Å². The molecule has 0 saturated carbocycles. The molecular formula is C25H29NO6P2. The average molecular weight is 501 g/mol. The normalized spacial score (nSPS) is 12.4. The highest BCUT2D eigenvalue weighted by atomic mass is 31.2. The van der Waals surface area contributed by atoms with Gasteiger partial charge in [0.15, 0.2) is 0 Å². The zero-order valence-electron chi connectivity index (χ0n) is 19.9. The first-order chi connectivity index (χ1) is 16.4. The van der Waals surface area contributed by atoms with E-state index in [4.69, 9.17) is 18.5 Å². The van der Waals surface area contributed by atoms with Crippen LogP contribution in [-0.2, 0) is 39.3 Å². The van der Waals surface area contributed by atoms with Crippen molar-refractivity contribution in [2.24, 2.45) is 0 Å². The van der Waals surface area contributed by atoms with Gasteiger partial charge in [0, 0.05) is 29.5 Å². The Bertz CT molecular complexity index is 1250. The van der Waals surface area contributed by atoms with Gasteiger partial charge in [-0.25, -0.2) is 0 Å². The second-order valence-electron chi connectivity index (χ2n) is 7.50. The average Bonchev–Trinajstić information content (AvgIpc) is 2.82. The van der Waals surface area contributed by atoms with Gasteiger partial charge in [0.05, 0.1) is 24.9 Å². The van der Waals surface area contributed by atoms with Crippen LogP contribution in [0.25, 0.3) is 21.5 Å². The van der Waals surface area contributed by atoms with Crippen molar-refractivity contribution in [3.8, 4) is 6.07 Å². The molecule has 3 aromatic carbocycles. The van der Waals surface area contributed by atoms with E-state index in [0.717, 1.165) is 27.1 Å². The van der Waals surface area contributed by atoms with Crippen molar-refractivity contribution in [3.05, 3.63) is 59.2 Å². The van der Waals surface area contributed by atoms with Crippen LogP contribution in [0.3, 0.4) is 0 Å². The Morgan fingerprint density at radius 1 is 0.882 bits per heavy atom. The molecule has 0 spiro atoms. The van der Waals surface area contributed by atoms with E-state index in [-0.39, 0.29) is 27.8 Å². The summed E-state index contributed by atoms with van der Waals surface area (Å²) in [4.78, 5) is 0. The first kappa shape index (κ1) is 26.4.